The Labute approximate surface area is 93.0 Å². The number of aromatic nitrogens is 1. The molecule has 1 aromatic heterocycles. The number of halogens is 4. The van der Waals surface area contributed by atoms with E-state index in [1.165, 1.54) is 12.3 Å². The van der Waals surface area contributed by atoms with Crippen LogP contribution in [0.15, 0.2) is 16.7 Å². The Kier molecular flexibility index (Phi) is 2.62. The molecule has 0 spiro atoms. The van der Waals surface area contributed by atoms with Crippen LogP contribution in [0.3, 0.4) is 0 Å². The molecule has 82 valence electrons. The van der Waals surface area contributed by atoms with E-state index in [-0.39, 0.29) is 24.7 Å². The van der Waals surface area contributed by atoms with Crippen LogP contribution in [0.25, 0.3) is 0 Å². The molecule has 0 saturated heterocycles. The third-order valence-electron chi connectivity index (χ3n) is 2.24. The quantitative estimate of drug-likeness (QED) is 0.900. The summed E-state index contributed by atoms with van der Waals surface area (Å²) in [6.45, 7) is 0. The second-order valence-electron chi connectivity index (χ2n) is 3.59. The van der Waals surface area contributed by atoms with E-state index >= 15 is 0 Å². The number of rotatable bonds is 2. The largest absolute Gasteiger partial charge is 0.364 e. The summed E-state index contributed by atoms with van der Waals surface area (Å²) in [4.78, 5) is 3.77. The van der Waals surface area contributed by atoms with Crippen molar-refractivity contribution in [3.63, 3.8) is 0 Å². The summed E-state index contributed by atoms with van der Waals surface area (Å²) in [5, 5.41) is 2.64. The van der Waals surface area contributed by atoms with Crippen LogP contribution in [0, 0.1) is 5.82 Å². The Hall–Kier alpha value is -0.780. The molecular formula is C9H8BrF3N2. The van der Waals surface area contributed by atoms with Gasteiger partial charge in [0.1, 0.15) is 0 Å². The summed E-state index contributed by atoms with van der Waals surface area (Å²) in [6, 6.07) is 0.856. The zero-order valence-electron chi connectivity index (χ0n) is 7.61. The highest BCUT2D eigenvalue weighted by molar-refractivity contribution is 9.10. The smallest absolute Gasteiger partial charge is 0.252 e. The van der Waals surface area contributed by atoms with Crippen LogP contribution in [0.4, 0.5) is 19.0 Å². The average Bonchev–Trinajstić information content (AvgIpc) is 2.06. The van der Waals surface area contributed by atoms with Crippen molar-refractivity contribution in [1.29, 1.82) is 0 Å². The van der Waals surface area contributed by atoms with Gasteiger partial charge in [0.05, 0.1) is 0 Å². The third kappa shape index (κ3) is 2.42. The van der Waals surface area contributed by atoms with Gasteiger partial charge in [-0.3, -0.25) is 0 Å². The van der Waals surface area contributed by atoms with Crippen LogP contribution in [0.2, 0.25) is 0 Å². The van der Waals surface area contributed by atoms with Crippen LogP contribution >= 0.6 is 15.9 Å². The highest BCUT2D eigenvalue weighted by atomic mass is 79.9. The van der Waals surface area contributed by atoms with Crippen LogP contribution in [-0.4, -0.2) is 16.9 Å². The minimum Gasteiger partial charge on any atom is -0.364 e. The Bertz CT molecular complexity index is 376. The van der Waals surface area contributed by atoms with Crippen LogP contribution < -0.4 is 5.32 Å². The van der Waals surface area contributed by atoms with Crippen LogP contribution in [0.5, 0.6) is 0 Å². The van der Waals surface area contributed by atoms with Gasteiger partial charge in [0.2, 0.25) is 0 Å². The molecule has 2 nitrogen and oxygen atoms in total. The lowest BCUT2D eigenvalue weighted by molar-refractivity contribution is -0.0794. The Morgan fingerprint density at radius 3 is 2.67 bits per heavy atom. The van der Waals surface area contributed by atoms with Gasteiger partial charge in [0.25, 0.3) is 5.92 Å². The second kappa shape index (κ2) is 3.66. The van der Waals surface area contributed by atoms with E-state index in [1.54, 1.807) is 0 Å². The number of anilines is 1. The first-order valence-corrected chi connectivity index (χ1v) is 5.21. The maximum Gasteiger partial charge on any atom is 0.252 e. The first-order chi connectivity index (χ1) is 6.96. The maximum atomic E-state index is 13.2. The zero-order valence-corrected chi connectivity index (χ0v) is 9.19. The molecule has 0 aliphatic heterocycles. The topological polar surface area (TPSA) is 24.9 Å². The zero-order chi connectivity index (χ0) is 11.1. The van der Waals surface area contributed by atoms with Crippen molar-refractivity contribution in [3.8, 4) is 0 Å². The number of alkyl halides is 2. The standard InChI is InChI=1S/C9H8BrF3N2/c10-5-1-7(11)8(14-4-5)15-6-2-9(12,13)3-6/h1,4,6H,2-3H2,(H,14,15). The van der Waals surface area contributed by atoms with Gasteiger partial charge in [-0.05, 0) is 22.0 Å². The normalized spacial score (nSPS) is 19.7. The average molecular weight is 281 g/mol. The Morgan fingerprint density at radius 2 is 2.13 bits per heavy atom. The number of hydrogen-bond acceptors (Lipinski definition) is 2. The Balaban J connectivity index is 2.00. The summed E-state index contributed by atoms with van der Waals surface area (Å²) >= 11 is 3.06. The second-order valence-corrected chi connectivity index (χ2v) is 4.51. The van der Waals surface area contributed by atoms with Gasteiger partial charge in [-0.2, -0.15) is 0 Å². The van der Waals surface area contributed by atoms with Gasteiger partial charge in [0, 0.05) is 29.6 Å². The minimum absolute atomic E-state index is 0.0266. The molecule has 0 bridgehead atoms. The van der Waals surface area contributed by atoms with Crippen molar-refractivity contribution >= 4 is 21.7 Å². The minimum atomic E-state index is -2.61. The van der Waals surface area contributed by atoms with Crippen LogP contribution in [-0.2, 0) is 0 Å². The fourth-order valence-electron chi connectivity index (χ4n) is 1.48. The molecule has 1 heterocycles. The van der Waals surface area contributed by atoms with E-state index in [9.17, 15) is 13.2 Å². The van der Waals surface area contributed by atoms with Crippen molar-refractivity contribution < 1.29 is 13.2 Å². The summed E-state index contributed by atoms with van der Waals surface area (Å²) in [5.74, 6) is -3.12. The van der Waals surface area contributed by atoms with Crippen molar-refractivity contribution in [1.82, 2.24) is 4.98 Å². The molecular weight excluding hydrogens is 273 g/mol. The van der Waals surface area contributed by atoms with Gasteiger partial charge in [-0.1, -0.05) is 0 Å². The van der Waals surface area contributed by atoms with Crippen LogP contribution in [0.1, 0.15) is 12.8 Å². The van der Waals surface area contributed by atoms with E-state index in [0.717, 1.165) is 0 Å². The van der Waals surface area contributed by atoms with Gasteiger partial charge in [0.15, 0.2) is 11.6 Å². The molecule has 6 heteroatoms. The van der Waals surface area contributed by atoms with E-state index in [1.807, 2.05) is 0 Å². The van der Waals surface area contributed by atoms with Gasteiger partial charge >= 0.3 is 0 Å². The molecule has 0 aromatic carbocycles. The molecule has 0 amide bonds. The number of pyridine rings is 1. The lowest BCUT2D eigenvalue weighted by Gasteiger charge is -2.35. The molecule has 1 fully saturated rings. The van der Waals surface area contributed by atoms with E-state index in [0.29, 0.717) is 4.47 Å². The summed E-state index contributed by atoms with van der Waals surface area (Å²) < 4.78 is 38.7. The SMILES string of the molecule is Fc1cc(Br)cnc1NC1CC(F)(F)C1. The molecule has 1 N–H and O–H groups in total. The number of nitrogens with one attached hydrogen (secondary N) is 1. The summed E-state index contributed by atoms with van der Waals surface area (Å²) in [6.07, 6.45) is 0.899. The molecule has 1 aliphatic rings. The predicted octanol–water partition coefficient (Wildman–Crippen LogP) is 3.19. The van der Waals surface area contributed by atoms with Crippen molar-refractivity contribution in [2.24, 2.45) is 0 Å². The van der Waals surface area contributed by atoms with Gasteiger partial charge < -0.3 is 5.32 Å². The van der Waals surface area contributed by atoms with Crippen molar-refractivity contribution in [3.05, 3.63) is 22.6 Å². The van der Waals surface area contributed by atoms with E-state index < -0.39 is 11.7 Å². The summed E-state index contributed by atoms with van der Waals surface area (Å²) in [5.41, 5.74) is 0. The van der Waals surface area contributed by atoms with E-state index in [4.69, 9.17) is 0 Å². The fraction of sp³-hybridized carbons (Fsp3) is 0.444. The predicted molar refractivity (Wildman–Crippen MR) is 53.5 cm³/mol. The monoisotopic (exact) mass is 280 g/mol. The van der Waals surface area contributed by atoms with E-state index in [2.05, 4.69) is 26.2 Å². The molecule has 1 aliphatic carbocycles. The molecule has 1 saturated carbocycles. The van der Waals surface area contributed by atoms with Gasteiger partial charge in [-0.15, -0.1) is 0 Å². The highest BCUT2D eigenvalue weighted by Gasteiger charge is 2.45. The lowest BCUT2D eigenvalue weighted by Crippen LogP contribution is -2.44. The summed E-state index contributed by atoms with van der Waals surface area (Å²) in [7, 11) is 0. The molecule has 2 rings (SSSR count). The number of nitrogens with zero attached hydrogens (tertiary/aromatic N) is 1. The fourth-order valence-corrected chi connectivity index (χ4v) is 1.78. The lowest BCUT2D eigenvalue weighted by atomic mass is 9.88. The van der Waals surface area contributed by atoms with Crippen molar-refractivity contribution in [2.75, 3.05) is 5.32 Å². The molecule has 0 unspecified atom stereocenters. The molecule has 15 heavy (non-hydrogen) atoms. The third-order valence-corrected chi connectivity index (χ3v) is 2.67. The highest BCUT2D eigenvalue weighted by Crippen LogP contribution is 2.39. The molecule has 1 aromatic rings. The first kappa shape index (κ1) is 10.7. The molecule has 0 atom stereocenters. The number of hydrogen-bond donors (Lipinski definition) is 1. The van der Waals surface area contributed by atoms with Gasteiger partial charge in [-0.25, -0.2) is 18.2 Å². The Morgan fingerprint density at radius 1 is 1.47 bits per heavy atom. The maximum absolute atomic E-state index is 13.2. The van der Waals surface area contributed by atoms with Crippen molar-refractivity contribution in [2.45, 2.75) is 24.8 Å². The molecule has 0 radical (unpaired) electrons. The first-order valence-electron chi connectivity index (χ1n) is 4.42.